The lowest BCUT2D eigenvalue weighted by molar-refractivity contribution is 1.27. The fourth-order valence-electron chi connectivity index (χ4n) is 1.20. The van der Waals surface area contributed by atoms with E-state index in [0.717, 1.165) is 21.4 Å². The van der Waals surface area contributed by atoms with Gasteiger partial charge in [0, 0.05) is 5.02 Å². The molecule has 0 saturated carbocycles. The third-order valence-corrected chi connectivity index (χ3v) is 3.04. The van der Waals surface area contributed by atoms with Gasteiger partial charge in [0.15, 0.2) is 0 Å². The Bertz CT molecular complexity index is 624. The maximum Gasteiger partial charge on any atom is 0.305 e. The first kappa shape index (κ1) is 10.2. The van der Waals surface area contributed by atoms with Gasteiger partial charge >= 0.3 is 4.87 Å². The van der Waals surface area contributed by atoms with E-state index >= 15 is 0 Å². The number of hydrogen-bond acceptors (Lipinski definition) is 2. The number of hydrogen-bond donors (Lipinski definition) is 1. The van der Waals surface area contributed by atoms with Gasteiger partial charge < -0.3 is 4.98 Å². The number of nitrogens with one attached hydrogen (secondary N) is 1. The lowest BCUT2D eigenvalue weighted by Crippen LogP contribution is -2.19. The quantitative estimate of drug-likeness (QED) is 0.798. The van der Waals surface area contributed by atoms with Crippen molar-refractivity contribution in [3.05, 3.63) is 54.4 Å². The molecule has 0 aliphatic heterocycles. The summed E-state index contributed by atoms with van der Waals surface area (Å²) in [5, 5.41) is 1.35. The van der Waals surface area contributed by atoms with Crippen LogP contribution >= 0.6 is 22.9 Å². The zero-order valence-electron chi connectivity index (χ0n) is 7.79. The van der Waals surface area contributed by atoms with Gasteiger partial charge in [-0.1, -0.05) is 41.6 Å². The second-order valence-electron chi connectivity index (χ2n) is 3.05. The third-order valence-electron chi connectivity index (χ3n) is 1.92. The van der Waals surface area contributed by atoms with E-state index in [2.05, 4.69) is 11.6 Å². The van der Waals surface area contributed by atoms with E-state index in [9.17, 15) is 4.79 Å². The molecule has 2 aromatic rings. The van der Waals surface area contributed by atoms with Crippen molar-refractivity contribution in [2.45, 2.75) is 0 Å². The molecule has 4 heteroatoms. The topological polar surface area (TPSA) is 32.9 Å². The predicted molar refractivity (Wildman–Crippen MR) is 64.7 cm³/mol. The Kier molecular flexibility index (Phi) is 2.75. The van der Waals surface area contributed by atoms with Gasteiger partial charge in [-0.05, 0) is 23.8 Å². The van der Waals surface area contributed by atoms with E-state index in [0.29, 0.717) is 10.4 Å². The molecule has 0 bridgehead atoms. The van der Waals surface area contributed by atoms with E-state index in [1.54, 1.807) is 0 Å². The Balaban J connectivity index is 2.55. The molecule has 1 aromatic heterocycles. The molecule has 0 saturated heterocycles. The molecule has 76 valence electrons. The summed E-state index contributed by atoms with van der Waals surface area (Å²) in [7, 11) is 0. The molecule has 0 spiro atoms. The van der Waals surface area contributed by atoms with Crippen LogP contribution in [0.3, 0.4) is 0 Å². The monoisotopic (exact) mass is 237 g/mol. The fraction of sp³-hybridized carbons (Fsp3) is 0. The molecule has 2 rings (SSSR count). The Hall–Kier alpha value is -1.32. The molecule has 1 N–H and O–H groups in total. The summed E-state index contributed by atoms with van der Waals surface area (Å²) in [6.45, 7) is 3.75. The second-order valence-corrected chi connectivity index (χ2v) is 4.50. The van der Waals surface area contributed by atoms with E-state index in [-0.39, 0.29) is 4.87 Å². The highest BCUT2D eigenvalue weighted by molar-refractivity contribution is 7.07. The average molecular weight is 238 g/mol. The first-order valence-corrected chi connectivity index (χ1v) is 5.50. The van der Waals surface area contributed by atoms with Crippen LogP contribution < -0.4 is 14.8 Å². The molecule has 15 heavy (non-hydrogen) atoms. The molecule has 0 aliphatic carbocycles. The number of aromatic amines is 1. The van der Waals surface area contributed by atoms with Crippen LogP contribution in [0.15, 0.2) is 29.1 Å². The normalized spacial score (nSPS) is 11.9. The Morgan fingerprint density at radius 2 is 2.00 bits per heavy atom. The smallest absolute Gasteiger partial charge is 0.305 e. The molecule has 0 amide bonds. The van der Waals surface area contributed by atoms with E-state index < -0.39 is 0 Å². The van der Waals surface area contributed by atoms with Gasteiger partial charge in [-0.15, -0.1) is 0 Å². The van der Waals surface area contributed by atoms with Crippen molar-refractivity contribution in [3.63, 3.8) is 0 Å². The van der Waals surface area contributed by atoms with Crippen LogP contribution in [-0.2, 0) is 0 Å². The van der Waals surface area contributed by atoms with Crippen molar-refractivity contribution >= 4 is 35.6 Å². The van der Waals surface area contributed by atoms with Gasteiger partial charge in [0.1, 0.15) is 0 Å². The van der Waals surface area contributed by atoms with Crippen LogP contribution in [0.5, 0.6) is 0 Å². The largest absolute Gasteiger partial charge is 0.313 e. The lowest BCUT2D eigenvalue weighted by Gasteiger charge is -1.91. The Morgan fingerprint density at radius 1 is 1.33 bits per heavy atom. The molecule has 0 unspecified atom stereocenters. The highest BCUT2D eigenvalue weighted by atomic mass is 35.5. The maximum atomic E-state index is 11.0. The molecule has 0 fully saturated rings. The van der Waals surface area contributed by atoms with Crippen LogP contribution in [0.4, 0.5) is 0 Å². The van der Waals surface area contributed by atoms with Gasteiger partial charge in [0.25, 0.3) is 0 Å². The highest BCUT2D eigenvalue weighted by Crippen LogP contribution is 2.09. The van der Waals surface area contributed by atoms with Crippen molar-refractivity contribution in [2.75, 3.05) is 0 Å². The van der Waals surface area contributed by atoms with Crippen molar-refractivity contribution < 1.29 is 0 Å². The van der Waals surface area contributed by atoms with Crippen molar-refractivity contribution in [2.24, 2.45) is 0 Å². The first-order chi connectivity index (χ1) is 7.15. The number of rotatable bonds is 1. The van der Waals surface area contributed by atoms with Crippen LogP contribution in [-0.4, -0.2) is 4.98 Å². The van der Waals surface area contributed by atoms with Crippen molar-refractivity contribution in [1.82, 2.24) is 4.98 Å². The van der Waals surface area contributed by atoms with Crippen molar-refractivity contribution in [1.29, 1.82) is 0 Å². The summed E-state index contributed by atoms with van der Waals surface area (Å²) in [5.41, 5.74) is 1.000. The van der Waals surface area contributed by atoms with Crippen LogP contribution in [0.25, 0.3) is 12.7 Å². The van der Waals surface area contributed by atoms with Crippen LogP contribution in [0, 0.1) is 0 Å². The minimum Gasteiger partial charge on any atom is -0.313 e. The van der Waals surface area contributed by atoms with E-state index in [1.165, 1.54) is 0 Å². The summed E-state index contributed by atoms with van der Waals surface area (Å²) in [4.78, 5) is 13.6. The Morgan fingerprint density at radius 3 is 2.53 bits per heavy atom. The summed E-state index contributed by atoms with van der Waals surface area (Å²) in [6.07, 6.45) is 1.90. The SMILES string of the molecule is C=c1[nH]c(=O)s/c1=C\c1ccc(Cl)cc1. The van der Waals surface area contributed by atoms with Crippen LogP contribution in [0.2, 0.25) is 5.02 Å². The van der Waals surface area contributed by atoms with E-state index in [1.807, 2.05) is 30.3 Å². The maximum absolute atomic E-state index is 11.0. The number of benzene rings is 1. The highest BCUT2D eigenvalue weighted by Gasteiger charge is 1.92. The molecular formula is C11H8ClNOS. The minimum atomic E-state index is -0.0831. The molecule has 0 aliphatic rings. The zero-order valence-corrected chi connectivity index (χ0v) is 9.36. The molecule has 1 aromatic carbocycles. The summed E-state index contributed by atoms with van der Waals surface area (Å²) < 4.78 is 0.849. The van der Waals surface area contributed by atoms with Gasteiger partial charge in [-0.2, -0.15) is 0 Å². The lowest BCUT2D eigenvalue weighted by atomic mass is 10.2. The number of aromatic nitrogens is 1. The van der Waals surface area contributed by atoms with Crippen molar-refractivity contribution in [3.8, 4) is 0 Å². The van der Waals surface area contributed by atoms with Gasteiger partial charge in [-0.25, -0.2) is 0 Å². The summed E-state index contributed by atoms with van der Waals surface area (Å²) in [6, 6.07) is 7.41. The third kappa shape index (κ3) is 2.37. The number of H-pyrrole nitrogens is 1. The zero-order chi connectivity index (χ0) is 10.8. The summed E-state index contributed by atoms with van der Waals surface area (Å²) in [5.74, 6) is 0. The molecule has 0 atom stereocenters. The first-order valence-electron chi connectivity index (χ1n) is 4.30. The second kappa shape index (κ2) is 4.04. The molecule has 0 radical (unpaired) electrons. The molecule has 1 heterocycles. The number of halogens is 1. The van der Waals surface area contributed by atoms with Gasteiger partial charge in [0.2, 0.25) is 0 Å². The van der Waals surface area contributed by atoms with E-state index in [4.69, 9.17) is 11.6 Å². The summed E-state index contributed by atoms with van der Waals surface area (Å²) >= 11 is 6.92. The van der Waals surface area contributed by atoms with Gasteiger partial charge in [0.05, 0.1) is 9.88 Å². The molecular weight excluding hydrogens is 230 g/mol. The standard InChI is InChI=1S/C11H8ClNOS/c1-7-10(15-11(14)13-7)6-8-2-4-9(12)5-3-8/h2-6H,1H2,(H,13,14)/b10-6-. The molecule has 2 nitrogen and oxygen atoms in total. The predicted octanol–water partition coefficient (Wildman–Crippen LogP) is 1.33. The fourth-order valence-corrected chi connectivity index (χ4v) is 2.07. The minimum absolute atomic E-state index is 0.0831. The van der Waals surface area contributed by atoms with Gasteiger partial charge in [-0.3, -0.25) is 4.79 Å². The van der Waals surface area contributed by atoms with Crippen LogP contribution in [0.1, 0.15) is 5.56 Å². The number of thiazole rings is 1. The average Bonchev–Trinajstić information content (AvgIpc) is 2.49. The Labute approximate surface area is 95.2 Å².